The molecule has 0 amide bonds. The lowest BCUT2D eigenvalue weighted by molar-refractivity contribution is 0.00529. The highest BCUT2D eigenvalue weighted by molar-refractivity contribution is 9.10. The Labute approximate surface area is 151 Å². The average Bonchev–Trinajstić information content (AvgIpc) is 2.61. The van der Waals surface area contributed by atoms with Crippen molar-refractivity contribution in [2.45, 2.75) is 19.6 Å². The lowest BCUT2D eigenvalue weighted by Crippen LogP contribution is -2.47. The van der Waals surface area contributed by atoms with Crippen LogP contribution in [0.25, 0.3) is 0 Å². The summed E-state index contributed by atoms with van der Waals surface area (Å²) in [5.74, 6) is 0.598. The second-order valence-corrected chi connectivity index (χ2v) is 7.09. The van der Waals surface area contributed by atoms with Crippen LogP contribution in [0.4, 0.5) is 5.69 Å². The Bertz CT molecular complexity index is 590. The third kappa shape index (κ3) is 4.40. The summed E-state index contributed by atoms with van der Waals surface area (Å²) in [6.45, 7) is 8.29. The van der Waals surface area contributed by atoms with Gasteiger partial charge in [0.2, 0.25) is 0 Å². The predicted octanol–water partition coefficient (Wildman–Crippen LogP) is 1.82. The van der Waals surface area contributed by atoms with Crippen LogP contribution in [0.5, 0.6) is 0 Å². The largest absolute Gasteiger partial charge is 0.378 e. The van der Waals surface area contributed by atoms with Crippen molar-refractivity contribution in [1.82, 2.24) is 4.90 Å². The molecule has 1 unspecified atom stereocenters. The summed E-state index contributed by atoms with van der Waals surface area (Å²) in [6, 6.07) is 6.33. The number of hydrogen-bond acceptors (Lipinski definition) is 4. The summed E-state index contributed by atoms with van der Waals surface area (Å²) in [7, 11) is 0. The van der Waals surface area contributed by atoms with Crippen molar-refractivity contribution in [2.75, 3.05) is 50.9 Å². The SMILES string of the molecule is CC1CN(C(N)=NCc2ccc(Br)cc2N2CCOCC2)CCO1. The zero-order chi connectivity index (χ0) is 16.9. The van der Waals surface area contributed by atoms with E-state index in [-0.39, 0.29) is 6.10 Å². The van der Waals surface area contributed by atoms with Crippen LogP contribution in [0.15, 0.2) is 27.7 Å². The third-order valence-electron chi connectivity index (χ3n) is 4.38. The van der Waals surface area contributed by atoms with Crippen LogP contribution in [0, 0.1) is 0 Å². The van der Waals surface area contributed by atoms with Gasteiger partial charge in [-0.2, -0.15) is 0 Å². The number of halogens is 1. The zero-order valence-corrected chi connectivity index (χ0v) is 15.7. The molecule has 6 nitrogen and oxygen atoms in total. The van der Waals surface area contributed by atoms with Crippen LogP contribution in [-0.2, 0) is 16.0 Å². The quantitative estimate of drug-likeness (QED) is 0.623. The van der Waals surface area contributed by atoms with Gasteiger partial charge in [-0.05, 0) is 24.6 Å². The Morgan fingerprint density at radius 1 is 1.29 bits per heavy atom. The fourth-order valence-corrected chi connectivity index (χ4v) is 3.41. The normalized spacial score (nSPS) is 22.8. The number of aliphatic imine (C=N–C) groups is 1. The third-order valence-corrected chi connectivity index (χ3v) is 4.87. The molecule has 1 aromatic carbocycles. The van der Waals surface area contributed by atoms with Crippen molar-refractivity contribution in [1.29, 1.82) is 0 Å². The molecule has 1 aromatic rings. The molecule has 0 aliphatic carbocycles. The van der Waals surface area contributed by atoms with E-state index >= 15 is 0 Å². The van der Waals surface area contributed by atoms with Crippen LogP contribution in [0.1, 0.15) is 12.5 Å². The highest BCUT2D eigenvalue weighted by atomic mass is 79.9. The van der Waals surface area contributed by atoms with Crippen LogP contribution in [-0.4, -0.2) is 63.0 Å². The number of nitrogens with zero attached hydrogens (tertiary/aromatic N) is 3. The number of hydrogen-bond donors (Lipinski definition) is 1. The Morgan fingerprint density at radius 2 is 2.08 bits per heavy atom. The molecule has 132 valence electrons. The summed E-state index contributed by atoms with van der Waals surface area (Å²) < 4.78 is 12.1. The van der Waals surface area contributed by atoms with Crippen molar-refractivity contribution in [2.24, 2.45) is 10.7 Å². The highest BCUT2D eigenvalue weighted by Gasteiger charge is 2.19. The van der Waals surface area contributed by atoms with Crippen LogP contribution in [0.3, 0.4) is 0 Å². The summed E-state index contributed by atoms with van der Waals surface area (Å²) in [4.78, 5) is 9.08. The van der Waals surface area contributed by atoms with E-state index in [0.29, 0.717) is 19.1 Å². The molecule has 2 saturated heterocycles. The standard InChI is InChI=1S/C17H25BrN4O2/c1-13-12-22(6-9-24-13)17(19)20-11-14-2-3-15(18)10-16(14)21-4-7-23-8-5-21/h2-3,10,13H,4-9,11-12H2,1H3,(H2,19,20). The van der Waals surface area contributed by atoms with Crippen LogP contribution >= 0.6 is 15.9 Å². The van der Waals surface area contributed by atoms with Crippen molar-refractivity contribution < 1.29 is 9.47 Å². The number of anilines is 1. The number of ether oxygens (including phenoxy) is 2. The summed E-state index contributed by atoms with van der Waals surface area (Å²) in [5, 5.41) is 0. The monoisotopic (exact) mass is 396 g/mol. The second kappa shape index (κ2) is 8.18. The molecule has 1 atom stereocenters. The molecule has 0 bridgehead atoms. The maximum absolute atomic E-state index is 6.19. The average molecular weight is 397 g/mol. The molecule has 2 N–H and O–H groups in total. The molecule has 0 saturated carbocycles. The fourth-order valence-electron chi connectivity index (χ4n) is 3.06. The highest BCUT2D eigenvalue weighted by Crippen LogP contribution is 2.26. The number of morpholine rings is 2. The second-order valence-electron chi connectivity index (χ2n) is 6.17. The zero-order valence-electron chi connectivity index (χ0n) is 14.1. The van der Waals surface area contributed by atoms with E-state index in [1.807, 2.05) is 0 Å². The van der Waals surface area contributed by atoms with Gasteiger partial charge in [0, 0.05) is 36.3 Å². The van der Waals surface area contributed by atoms with E-state index < -0.39 is 0 Å². The van der Waals surface area contributed by atoms with Gasteiger partial charge in [0.15, 0.2) is 5.96 Å². The molecule has 3 rings (SSSR count). The van der Waals surface area contributed by atoms with Gasteiger partial charge in [-0.25, -0.2) is 4.99 Å². The molecule has 2 fully saturated rings. The van der Waals surface area contributed by atoms with E-state index in [0.717, 1.165) is 43.9 Å². The number of guanidine groups is 1. The minimum absolute atomic E-state index is 0.198. The van der Waals surface area contributed by atoms with Crippen LogP contribution in [0.2, 0.25) is 0 Å². The summed E-state index contributed by atoms with van der Waals surface area (Å²) in [5.41, 5.74) is 8.59. The molecular formula is C17H25BrN4O2. The topological polar surface area (TPSA) is 63.3 Å². The maximum Gasteiger partial charge on any atom is 0.191 e. The van der Waals surface area contributed by atoms with Gasteiger partial charge in [0.25, 0.3) is 0 Å². The van der Waals surface area contributed by atoms with Crippen molar-refractivity contribution >= 4 is 27.6 Å². The first-order chi connectivity index (χ1) is 11.6. The molecule has 2 aliphatic heterocycles. The molecule has 0 aromatic heterocycles. The Kier molecular flexibility index (Phi) is 5.97. The smallest absolute Gasteiger partial charge is 0.191 e. The Morgan fingerprint density at radius 3 is 2.83 bits per heavy atom. The molecule has 2 aliphatic rings. The summed E-state index contributed by atoms with van der Waals surface area (Å²) in [6.07, 6.45) is 0.198. The molecule has 24 heavy (non-hydrogen) atoms. The lowest BCUT2D eigenvalue weighted by atomic mass is 10.1. The fraction of sp³-hybridized carbons (Fsp3) is 0.588. The molecule has 7 heteroatoms. The molecule has 2 heterocycles. The van der Waals surface area contributed by atoms with E-state index in [1.54, 1.807) is 0 Å². The molecule has 0 spiro atoms. The first kappa shape index (κ1) is 17.5. The minimum Gasteiger partial charge on any atom is -0.378 e. The van der Waals surface area contributed by atoms with Crippen molar-refractivity contribution in [3.05, 3.63) is 28.2 Å². The van der Waals surface area contributed by atoms with Gasteiger partial charge < -0.3 is 25.0 Å². The number of rotatable bonds is 3. The van der Waals surface area contributed by atoms with E-state index in [9.17, 15) is 0 Å². The first-order valence-electron chi connectivity index (χ1n) is 8.41. The van der Waals surface area contributed by atoms with E-state index in [4.69, 9.17) is 15.2 Å². The van der Waals surface area contributed by atoms with Crippen molar-refractivity contribution in [3.63, 3.8) is 0 Å². The molecule has 0 radical (unpaired) electrons. The number of nitrogens with two attached hydrogens (primary N) is 1. The minimum atomic E-state index is 0.198. The summed E-state index contributed by atoms with van der Waals surface area (Å²) >= 11 is 3.57. The van der Waals surface area contributed by atoms with E-state index in [2.05, 4.69) is 55.8 Å². The molecular weight excluding hydrogens is 372 g/mol. The van der Waals surface area contributed by atoms with Gasteiger partial charge >= 0.3 is 0 Å². The van der Waals surface area contributed by atoms with Crippen molar-refractivity contribution in [3.8, 4) is 0 Å². The Balaban J connectivity index is 1.73. The van der Waals surface area contributed by atoms with Gasteiger partial charge in [0.05, 0.1) is 32.5 Å². The van der Waals surface area contributed by atoms with Gasteiger partial charge in [-0.3, -0.25) is 0 Å². The van der Waals surface area contributed by atoms with Gasteiger partial charge in [-0.1, -0.05) is 22.0 Å². The first-order valence-corrected chi connectivity index (χ1v) is 9.20. The van der Waals surface area contributed by atoms with Gasteiger partial charge in [0.1, 0.15) is 0 Å². The van der Waals surface area contributed by atoms with Crippen LogP contribution < -0.4 is 10.6 Å². The number of benzene rings is 1. The van der Waals surface area contributed by atoms with Gasteiger partial charge in [-0.15, -0.1) is 0 Å². The predicted molar refractivity (Wildman–Crippen MR) is 99.5 cm³/mol. The van der Waals surface area contributed by atoms with E-state index in [1.165, 1.54) is 11.3 Å². The lowest BCUT2D eigenvalue weighted by Gasteiger charge is -2.32. The Hall–Kier alpha value is -1.31. The maximum atomic E-state index is 6.19.